The summed E-state index contributed by atoms with van der Waals surface area (Å²) in [6, 6.07) is 0.424. The predicted molar refractivity (Wildman–Crippen MR) is 61.1 cm³/mol. The van der Waals surface area contributed by atoms with Crippen LogP contribution in [0.15, 0.2) is 6.20 Å². The lowest BCUT2D eigenvalue weighted by molar-refractivity contribution is 0.0741. The summed E-state index contributed by atoms with van der Waals surface area (Å²) in [7, 11) is 0. The van der Waals surface area contributed by atoms with Crippen LogP contribution < -0.4 is 5.73 Å². The van der Waals surface area contributed by atoms with E-state index in [0.717, 1.165) is 31.5 Å². The number of rotatable bonds is 5. The van der Waals surface area contributed by atoms with Crippen molar-refractivity contribution in [3.8, 4) is 0 Å². The summed E-state index contributed by atoms with van der Waals surface area (Å²) < 4.78 is 0. The van der Waals surface area contributed by atoms with Gasteiger partial charge in [-0.15, -0.1) is 0 Å². The molecule has 2 rings (SSSR count). The summed E-state index contributed by atoms with van der Waals surface area (Å²) in [5.41, 5.74) is 7.01. The number of amides is 1. The summed E-state index contributed by atoms with van der Waals surface area (Å²) in [5.74, 6) is 0.0854. The van der Waals surface area contributed by atoms with Crippen LogP contribution in [0.3, 0.4) is 0 Å². The molecule has 0 bridgehead atoms. The van der Waals surface area contributed by atoms with E-state index in [1.165, 1.54) is 0 Å². The molecule has 0 spiro atoms. The Morgan fingerprint density at radius 2 is 2.44 bits per heavy atom. The van der Waals surface area contributed by atoms with Gasteiger partial charge in [-0.2, -0.15) is 5.10 Å². The molecule has 0 aromatic carbocycles. The lowest BCUT2D eigenvalue weighted by atomic mass is 10.2. The fraction of sp³-hybridized carbons (Fsp3) is 0.636. The molecule has 0 atom stereocenters. The Labute approximate surface area is 95.0 Å². The van der Waals surface area contributed by atoms with E-state index in [-0.39, 0.29) is 5.91 Å². The molecule has 1 aromatic heterocycles. The molecular weight excluding hydrogens is 204 g/mol. The van der Waals surface area contributed by atoms with Crippen LogP contribution in [0, 0.1) is 6.92 Å². The molecule has 1 aliphatic rings. The van der Waals surface area contributed by atoms with E-state index in [1.54, 1.807) is 6.20 Å². The van der Waals surface area contributed by atoms with Crippen molar-refractivity contribution in [1.29, 1.82) is 0 Å². The summed E-state index contributed by atoms with van der Waals surface area (Å²) >= 11 is 0. The van der Waals surface area contributed by atoms with Gasteiger partial charge in [-0.1, -0.05) is 0 Å². The number of carbonyl (C=O) groups is 1. The topological polar surface area (TPSA) is 75.0 Å². The van der Waals surface area contributed by atoms with Gasteiger partial charge in [0.15, 0.2) is 0 Å². The number of aryl methyl sites for hydroxylation is 1. The van der Waals surface area contributed by atoms with E-state index in [1.807, 2.05) is 11.8 Å². The largest absolute Gasteiger partial charge is 0.336 e. The highest BCUT2D eigenvalue weighted by Gasteiger charge is 2.33. The van der Waals surface area contributed by atoms with Crippen LogP contribution in [0.1, 0.15) is 35.3 Å². The van der Waals surface area contributed by atoms with Gasteiger partial charge in [0.1, 0.15) is 0 Å². The highest BCUT2D eigenvalue weighted by Crippen LogP contribution is 2.28. The van der Waals surface area contributed by atoms with Crippen molar-refractivity contribution < 1.29 is 4.79 Å². The van der Waals surface area contributed by atoms with Crippen molar-refractivity contribution in [3.05, 3.63) is 17.5 Å². The van der Waals surface area contributed by atoms with Gasteiger partial charge in [0, 0.05) is 18.3 Å². The number of H-pyrrole nitrogens is 1. The molecular formula is C11H18N4O. The lowest BCUT2D eigenvalue weighted by Gasteiger charge is -2.21. The standard InChI is InChI=1S/C11H18N4O/c1-8-10(7-13-14-8)11(16)15(6-2-5-12)9-3-4-9/h7,9H,2-6,12H2,1H3,(H,13,14). The molecule has 0 unspecified atom stereocenters. The molecule has 1 aromatic rings. The maximum atomic E-state index is 12.2. The molecule has 5 heteroatoms. The van der Waals surface area contributed by atoms with Crippen molar-refractivity contribution in [2.24, 2.45) is 5.73 Å². The molecule has 0 aliphatic heterocycles. The van der Waals surface area contributed by atoms with E-state index in [2.05, 4.69) is 10.2 Å². The van der Waals surface area contributed by atoms with E-state index < -0.39 is 0 Å². The average Bonchev–Trinajstić information content (AvgIpc) is 3.01. The van der Waals surface area contributed by atoms with Crippen LogP contribution >= 0.6 is 0 Å². The van der Waals surface area contributed by atoms with Crippen LogP contribution in [0.2, 0.25) is 0 Å². The third-order valence-corrected chi connectivity index (χ3v) is 2.91. The molecule has 0 saturated heterocycles. The first-order valence-corrected chi connectivity index (χ1v) is 5.75. The first kappa shape index (κ1) is 11.1. The van der Waals surface area contributed by atoms with E-state index in [9.17, 15) is 4.79 Å². The molecule has 1 heterocycles. The minimum absolute atomic E-state index is 0.0854. The van der Waals surface area contributed by atoms with Gasteiger partial charge < -0.3 is 10.6 Å². The van der Waals surface area contributed by atoms with Crippen LogP contribution in [0.25, 0.3) is 0 Å². The summed E-state index contributed by atoms with van der Waals surface area (Å²) in [5, 5.41) is 6.69. The van der Waals surface area contributed by atoms with E-state index >= 15 is 0 Å². The molecule has 88 valence electrons. The summed E-state index contributed by atoms with van der Waals surface area (Å²) in [4.78, 5) is 14.2. The van der Waals surface area contributed by atoms with Gasteiger partial charge in [0.05, 0.1) is 11.8 Å². The third kappa shape index (κ3) is 2.24. The van der Waals surface area contributed by atoms with Gasteiger partial charge in [-0.05, 0) is 32.7 Å². The van der Waals surface area contributed by atoms with Crippen molar-refractivity contribution in [2.75, 3.05) is 13.1 Å². The smallest absolute Gasteiger partial charge is 0.257 e. The minimum atomic E-state index is 0.0854. The first-order chi connectivity index (χ1) is 7.74. The number of carbonyl (C=O) groups excluding carboxylic acids is 1. The van der Waals surface area contributed by atoms with Gasteiger partial charge in [0.25, 0.3) is 5.91 Å². The van der Waals surface area contributed by atoms with Gasteiger partial charge in [-0.25, -0.2) is 0 Å². The monoisotopic (exact) mass is 222 g/mol. The number of hydrogen-bond donors (Lipinski definition) is 2. The molecule has 1 saturated carbocycles. The Bertz CT molecular complexity index is 370. The maximum absolute atomic E-state index is 12.2. The zero-order valence-electron chi connectivity index (χ0n) is 9.57. The number of hydrogen-bond acceptors (Lipinski definition) is 3. The minimum Gasteiger partial charge on any atom is -0.336 e. The van der Waals surface area contributed by atoms with E-state index in [4.69, 9.17) is 5.73 Å². The lowest BCUT2D eigenvalue weighted by Crippen LogP contribution is -2.35. The van der Waals surface area contributed by atoms with Crippen molar-refractivity contribution in [1.82, 2.24) is 15.1 Å². The fourth-order valence-electron chi connectivity index (χ4n) is 1.82. The zero-order chi connectivity index (χ0) is 11.5. The SMILES string of the molecule is Cc1[nH]ncc1C(=O)N(CCCN)C1CC1. The van der Waals surface area contributed by atoms with Gasteiger partial charge >= 0.3 is 0 Å². The molecule has 3 N–H and O–H groups in total. The predicted octanol–water partition coefficient (Wildman–Crippen LogP) is 0.672. The molecule has 1 amide bonds. The Morgan fingerprint density at radius 3 is 2.94 bits per heavy atom. The summed E-state index contributed by atoms with van der Waals surface area (Å²) in [6.07, 6.45) is 4.70. The summed E-state index contributed by atoms with van der Waals surface area (Å²) in [6.45, 7) is 3.25. The average molecular weight is 222 g/mol. The van der Waals surface area contributed by atoms with Gasteiger partial charge in [-0.3, -0.25) is 9.89 Å². The zero-order valence-corrected chi connectivity index (χ0v) is 9.57. The van der Waals surface area contributed by atoms with Crippen molar-refractivity contribution >= 4 is 5.91 Å². The molecule has 1 aliphatic carbocycles. The van der Waals surface area contributed by atoms with Crippen LogP contribution in [-0.2, 0) is 0 Å². The third-order valence-electron chi connectivity index (χ3n) is 2.91. The van der Waals surface area contributed by atoms with Crippen molar-refractivity contribution in [3.63, 3.8) is 0 Å². The normalized spacial score (nSPS) is 15.1. The molecule has 16 heavy (non-hydrogen) atoms. The maximum Gasteiger partial charge on any atom is 0.257 e. The Morgan fingerprint density at radius 1 is 1.69 bits per heavy atom. The Kier molecular flexibility index (Phi) is 3.24. The molecule has 5 nitrogen and oxygen atoms in total. The number of nitrogens with zero attached hydrogens (tertiary/aromatic N) is 2. The Balaban J connectivity index is 2.08. The van der Waals surface area contributed by atoms with Crippen LogP contribution in [0.4, 0.5) is 0 Å². The fourth-order valence-corrected chi connectivity index (χ4v) is 1.82. The van der Waals surface area contributed by atoms with Crippen LogP contribution in [0.5, 0.6) is 0 Å². The number of aromatic nitrogens is 2. The first-order valence-electron chi connectivity index (χ1n) is 5.75. The number of nitrogens with one attached hydrogen (secondary N) is 1. The van der Waals surface area contributed by atoms with Gasteiger partial charge in [0.2, 0.25) is 0 Å². The Hall–Kier alpha value is -1.36. The second kappa shape index (κ2) is 4.65. The number of nitrogens with two attached hydrogens (primary N) is 1. The highest BCUT2D eigenvalue weighted by molar-refractivity contribution is 5.95. The quantitative estimate of drug-likeness (QED) is 0.769. The van der Waals surface area contributed by atoms with Crippen molar-refractivity contribution in [2.45, 2.75) is 32.2 Å². The highest BCUT2D eigenvalue weighted by atomic mass is 16.2. The molecule has 1 fully saturated rings. The van der Waals surface area contributed by atoms with E-state index in [0.29, 0.717) is 18.2 Å². The second-order valence-electron chi connectivity index (χ2n) is 4.28. The molecule has 0 radical (unpaired) electrons. The number of aromatic amines is 1. The van der Waals surface area contributed by atoms with Crippen LogP contribution in [-0.4, -0.2) is 40.1 Å². The second-order valence-corrected chi connectivity index (χ2v) is 4.28.